The van der Waals surface area contributed by atoms with Crippen LogP contribution in [0.15, 0.2) is 29.2 Å². The molecule has 0 aliphatic rings. The van der Waals surface area contributed by atoms with E-state index in [-0.39, 0.29) is 23.1 Å². The van der Waals surface area contributed by atoms with Gasteiger partial charge >= 0.3 is 0 Å². The summed E-state index contributed by atoms with van der Waals surface area (Å²) < 4.78 is 11.8. The highest BCUT2D eigenvalue weighted by Gasteiger charge is 1.91. The van der Waals surface area contributed by atoms with Crippen molar-refractivity contribution in [1.82, 2.24) is 0 Å². The number of aldehydes is 1. The molecule has 0 bridgehead atoms. The third kappa shape index (κ3) is 3.47. The summed E-state index contributed by atoms with van der Waals surface area (Å²) in [6.45, 7) is 0. The van der Waals surface area contributed by atoms with Gasteiger partial charge in [0.2, 0.25) is 0 Å². The molecule has 0 atom stereocenters. The van der Waals surface area contributed by atoms with Gasteiger partial charge in [0.15, 0.2) is 0 Å². The Bertz CT molecular complexity index is 225. The van der Waals surface area contributed by atoms with Crippen LogP contribution in [0.1, 0.15) is 10.4 Å². The zero-order valence-electron chi connectivity index (χ0n) is 6.08. The Morgan fingerprint density at radius 2 is 1.67 bits per heavy atom. The first-order chi connectivity index (χ1) is 4.86. The standard InChI is InChI=1S/C7H5FOS.2H2O/c8-10-7-3-1-6(5-9)2-4-7;;/h1-5H;2*1H2. The van der Waals surface area contributed by atoms with Gasteiger partial charge in [-0.15, -0.1) is 0 Å². The zero-order valence-corrected chi connectivity index (χ0v) is 6.90. The Hall–Kier alpha value is -0.910. The van der Waals surface area contributed by atoms with Crippen LogP contribution in [0.3, 0.4) is 0 Å². The molecule has 0 unspecified atom stereocenters. The van der Waals surface area contributed by atoms with Gasteiger partial charge in [-0.3, -0.25) is 4.79 Å². The van der Waals surface area contributed by atoms with Gasteiger partial charge in [-0.1, -0.05) is 12.1 Å². The van der Waals surface area contributed by atoms with Gasteiger partial charge in [0, 0.05) is 10.5 Å². The molecule has 0 saturated heterocycles. The summed E-state index contributed by atoms with van der Waals surface area (Å²) in [4.78, 5) is 10.6. The van der Waals surface area contributed by atoms with Gasteiger partial charge in [0.1, 0.15) is 6.29 Å². The van der Waals surface area contributed by atoms with Gasteiger partial charge < -0.3 is 11.0 Å². The molecule has 0 spiro atoms. The minimum absolute atomic E-state index is 0. The second-order valence-electron chi connectivity index (χ2n) is 1.76. The molecule has 0 radical (unpaired) electrons. The number of hydrogen-bond acceptors (Lipinski definition) is 2. The highest BCUT2D eigenvalue weighted by Crippen LogP contribution is 2.17. The molecule has 1 aromatic carbocycles. The summed E-state index contributed by atoms with van der Waals surface area (Å²) >= 11 is 0.172. The van der Waals surface area contributed by atoms with Crippen molar-refractivity contribution >= 4 is 18.4 Å². The summed E-state index contributed by atoms with van der Waals surface area (Å²) in [7, 11) is 0. The van der Waals surface area contributed by atoms with E-state index in [0.717, 1.165) is 6.29 Å². The van der Waals surface area contributed by atoms with Crippen LogP contribution >= 0.6 is 12.1 Å². The minimum atomic E-state index is 0. The SMILES string of the molecule is O.O.O=Cc1ccc(SF)cc1. The van der Waals surface area contributed by atoms with Crippen LogP contribution in [-0.2, 0) is 0 Å². The molecule has 0 heterocycles. The van der Waals surface area contributed by atoms with Crippen molar-refractivity contribution in [2.75, 3.05) is 0 Å². The predicted molar refractivity (Wildman–Crippen MR) is 46.0 cm³/mol. The van der Waals surface area contributed by atoms with Crippen LogP contribution in [0.2, 0.25) is 0 Å². The molecule has 3 nitrogen and oxygen atoms in total. The van der Waals surface area contributed by atoms with E-state index < -0.39 is 0 Å². The lowest BCUT2D eigenvalue weighted by Crippen LogP contribution is -1.76. The minimum Gasteiger partial charge on any atom is -0.412 e. The molecule has 12 heavy (non-hydrogen) atoms. The van der Waals surface area contributed by atoms with E-state index in [1.807, 2.05) is 0 Å². The molecule has 0 fully saturated rings. The van der Waals surface area contributed by atoms with Gasteiger partial charge in [0.25, 0.3) is 0 Å². The van der Waals surface area contributed by atoms with E-state index in [4.69, 9.17) is 0 Å². The fourth-order valence-electron chi connectivity index (χ4n) is 0.598. The molecule has 1 rings (SSSR count). The van der Waals surface area contributed by atoms with Crippen molar-refractivity contribution in [2.24, 2.45) is 0 Å². The highest BCUT2D eigenvalue weighted by atomic mass is 32.2. The monoisotopic (exact) mass is 192 g/mol. The Balaban J connectivity index is 0. The highest BCUT2D eigenvalue weighted by molar-refractivity contribution is 7.94. The maximum Gasteiger partial charge on any atom is 0.150 e. The smallest absolute Gasteiger partial charge is 0.150 e. The van der Waals surface area contributed by atoms with E-state index in [0.29, 0.717) is 10.5 Å². The largest absolute Gasteiger partial charge is 0.412 e. The van der Waals surface area contributed by atoms with E-state index in [9.17, 15) is 8.68 Å². The van der Waals surface area contributed by atoms with Crippen LogP contribution in [0.5, 0.6) is 0 Å². The number of benzene rings is 1. The molecule has 0 aliphatic carbocycles. The lowest BCUT2D eigenvalue weighted by atomic mass is 10.2. The molecule has 0 aromatic heterocycles. The first-order valence-electron chi connectivity index (χ1n) is 2.70. The topological polar surface area (TPSA) is 80.1 Å². The fourth-order valence-corrected chi connectivity index (χ4v) is 0.837. The molecule has 5 heteroatoms. The van der Waals surface area contributed by atoms with E-state index in [1.54, 1.807) is 24.3 Å². The molecule has 68 valence electrons. The van der Waals surface area contributed by atoms with Crippen molar-refractivity contribution in [3.05, 3.63) is 29.8 Å². The van der Waals surface area contributed by atoms with Gasteiger partial charge in [-0.05, 0) is 12.1 Å². The Morgan fingerprint density at radius 3 is 2.00 bits per heavy atom. The van der Waals surface area contributed by atoms with E-state index in [2.05, 4.69) is 0 Å². The van der Waals surface area contributed by atoms with Crippen LogP contribution in [-0.4, -0.2) is 17.2 Å². The number of carbonyl (C=O) groups is 1. The first-order valence-corrected chi connectivity index (χ1v) is 3.42. The summed E-state index contributed by atoms with van der Waals surface area (Å²) in [6, 6.07) is 6.28. The summed E-state index contributed by atoms with van der Waals surface area (Å²) in [5.74, 6) is 0. The van der Waals surface area contributed by atoms with Crippen LogP contribution < -0.4 is 0 Å². The van der Waals surface area contributed by atoms with Gasteiger partial charge in [0.05, 0.1) is 12.1 Å². The maximum atomic E-state index is 11.8. The van der Waals surface area contributed by atoms with Crippen LogP contribution in [0, 0.1) is 0 Å². The second kappa shape index (κ2) is 6.78. The van der Waals surface area contributed by atoms with Gasteiger partial charge in [-0.2, -0.15) is 3.89 Å². The first kappa shape index (κ1) is 13.7. The van der Waals surface area contributed by atoms with Crippen LogP contribution in [0.4, 0.5) is 3.89 Å². The molecule has 0 saturated carbocycles. The normalized spacial score (nSPS) is 7.75. The maximum absolute atomic E-state index is 11.8. The Kier molecular flexibility index (Phi) is 7.72. The number of hydrogen-bond donors (Lipinski definition) is 0. The lowest BCUT2D eigenvalue weighted by molar-refractivity contribution is 0.112. The average Bonchev–Trinajstić information content (AvgIpc) is 2.05. The summed E-state index contributed by atoms with van der Waals surface area (Å²) in [5.41, 5.74) is 0.567. The lowest BCUT2D eigenvalue weighted by Gasteiger charge is -1.90. The number of rotatable bonds is 2. The molecule has 0 aliphatic heterocycles. The molecule has 1 aromatic rings. The number of carbonyl (C=O) groups excluding carboxylic acids is 1. The summed E-state index contributed by atoms with van der Waals surface area (Å²) in [5, 5.41) is 0. The molecular formula is C7H9FO3S. The van der Waals surface area contributed by atoms with Crippen LogP contribution in [0.25, 0.3) is 0 Å². The molecule has 4 N–H and O–H groups in total. The van der Waals surface area contributed by atoms with Crippen molar-refractivity contribution in [1.29, 1.82) is 0 Å². The Morgan fingerprint density at radius 1 is 1.17 bits per heavy atom. The number of halogens is 1. The quantitative estimate of drug-likeness (QED) is 0.650. The zero-order chi connectivity index (χ0) is 7.40. The van der Waals surface area contributed by atoms with Crippen molar-refractivity contribution in [3.63, 3.8) is 0 Å². The van der Waals surface area contributed by atoms with Crippen molar-refractivity contribution < 1.29 is 19.6 Å². The second-order valence-corrected chi connectivity index (χ2v) is 2.39. The Labute approximate surface area is 73.5 Å². The molecular weight excluding hydrogens is 183 g/mol. The summed E-state index contributed by atoms with van der Waals surface area (Å²) in [6.07, 6.45) is 0.729. The van der Waals surface area contributed by atoms with E-state index in [1.165, 1.54) is 0 Å². The predicted octanol–water partition coefficient (Wildman–Crippen LogP) is 0.826. The van der Waals surface area contributed by atoms with Crippen molar-refractivity contribution in [2.45, 2.75) is 4.90 Å². The third-order valence-electron chi connectivity index (χ3n) is 1.11. The van der Waals surface area contributed by atoms with Gasteiger partial charge in [-0.25, -0.2) is 0 Å². The average molecular weight is 192 g/mol. The third-order valence-corrected chi connectivity index (χ3v) is 1.56. The van der Waals surface area contributed by atoms with Crippen molar-refractivity contribution in [3.8, 4) is 0 Å². The molecule has 0 amide bonds. The fraction of sp³-hybridized carbons (Fsp3) is 0. The van der Waals surface area contributed by atoms with E-state index >= 15 is 0 Å².